The largest absolute Gasteiger partial charge is 0.437 e. The van der Waals surface area contributed by atoms with Crippen LogP contribution in [0.5, 0.6) is 11.6 Å². The molecule has 0 radical (unpaired) electrons. The molecule has 1 N–H and O–H groups in total. The summed E-state index contributed by atoms with van der Waals surface area (Å²) in [6, 6.07) is 9.42. The van der Waals surface area contributed by atoms with E-state index in [0.29, 0.717) is 17.2 Å². The van der Waals surface area contributed by atoms with Gasteiger partial charge in [-0.25, -0.2) is 4.98 Å². The van der Waals surface area contributed by atoms with E-state index in [1.165, 1.54) is 9.78 Å². The molecule has 0 spiro atoms. The van der Waals surface area contributed by atoms with Crippen LogP contribution < -0.4 is 9.64 Å². The number of hydrogen-bond acceptors (Lipinski definition) is 5. The number of thiophene rings is 1. The van der Waals surface area contributed by atoms with Gasteiger partial charge in [-0.2, -0.15) is 10.2 Å². The highest BCUT2D eigenvalue weighted by Crippen LogP contribution is 2.36. The highest BCUT2D eigenvalue weighted by molar-refractivity contribution is 7.18. The molecule has 5 nitrogen and oxygen atoms in total. The van der Waals surface area contributed by atoms with Gasteiger partial charge in [-0.15, -0.1) is 11.3 Å². The first-order valence-corrected chi connectivity index (χ1v) is 9.66. The number of rotatable bonds is 6. The molecule has 0 aliphatic carbocycles. The number of benzene rings is 1. The van der Waals surface area contributed by atoms with Crippen molar-refractivity contribution in [2.45, 2.75) is 34.2 Å². The number of hydrogen-bond donors (Lipinski definition) is 1. The average Bonchev–Trinajstić information content (AvgIpc) is 2.94. The third-order valence-electron chi connectivity index (χ3n) is 4.66. The molecule has 2 heterocycles. The lowest BCUT2D eigenvalue weighted by Gasteiger charge is -2.15. The van der Waals surface area contributed by atoms with Crippen LogP contribution >= 0.6 is 11.3 Å². The van der Waals surface area contributed by atoms with E-state index in [1.54, 1.807) is 23.5 Å². The summed E-state index contributed by atoms with van der Waals surface area (Å²) in [4.78, 5) is 13.1. The maximum atomic E-state index is 9.34. The van der Waals surface area contributed by atoms with Gasteiger partial charge < -0.3 is 9.64 Å². The van der Waals surface area contributed by atoms with E-state index in [2.05, 4.69) is 33.8 Å². The molecule has 0 bridgehead atoms. The second kappa shape index (κ2) is 7.81. The van der Waals surface area contributed by atoms with Crippen LogP contribution in [0.15, 0.2) is 24.3 Å². The van der Waals surface area contributed by atoms with Crippen molar-refractivity contribution in [2.75, 3.05) is 13.1 Å². The SMILES string of the molecule is CC[NH+](CC)Cc1nc(Oc2ccccc2C#N)c2c(C)c(C)sc2n1. The van der Waals surface area contributed by atoms with E-state index < -0.39 is 0 Å². The second-order valence-corrected chi connectivity index (χ2v) is 7.46. The van der Waals surface area contributed by atoms with E-state index in [9.17, 15) is 5.26 Å². The van der Waals surface area contributed by atoms with Gasteiger partial charge in [-0.3, -0.25) is 0 Å². The number of nitriles is 1. The zero-order valence-corrected chi connectivity index (χ0v) is 16.4. The van der Waals surface area contributed by atoms with E-state index in [0.717, 1.165) is 41.2 Å². The number of aryl methyl sites for hydroxylation is 2. The smallest absolute Gasteiger partial charge is 0.231 e. The standard InChI is InChI=1S/C20H22N4OS/c1-5-24(6-2)12-17-22-19(18-13(3)14(4)26-20(18)23-17)25-16-10-8-7-9-15(16)11-21/h7-10H,5-6,12H2,1-4H3/p+1. The molecule has 2 aromatic heterocycles. The molecule has 0 fully saturated rings. The van der Waals surface area contributed by atoms with Crippen molar-refractivity contribution in [3.05, 3.63) is 46.1 Å². The molecule has 0 unspecified atom stereocenters. The highest BCUT2D eigenvalue weighted by atomic mass is 32.1. The van der Waals surface area contributed by atoms with E-state index >= 15 is 0 Å². The number of fused-ring (bicyclic) bond motifs is 1. The van der Waals surface area contributed by atoms with Crippen LogP contribution in [0.1, 0.15) is 35.7 Å². The predicted octanol–water partition coefficient (Wildman–Crippen LogP) is 3.40. The van der Waals surface area contributed by atoms with Gasteiger partial charge in [-0.05, 0) is 45.4 Å². The van der Waals surface area contributed by atoms with Crippen molar-refractivity contribution in [3.63, 3.8) is 0 Å². The first-order chi connectivity index (χ1) is 12.6. The van der Waals surface area contributed by atoms with Crippen LogP contribution in [0.3, 0.4) is 0 Å². The Hall–Kier alpha value is -2.49. The summed E-state index contributed by atoms with van der Waals surface area (Å²) in [5.41, 5.74) is 1.64. The Labute approximate surface area is 157 Å². The number of aromatic nitrogens is 2. The third-order valence-corrected chi connectivity index (χ3v) is 5.77. The monoisotopic (exact) mass is 367 g/mol. The van der Waals surface area contributed by atoms with Gasteiger partial charge in [0.15, 0.2) is 5.82 Å². The molecule has 3 aromatic rings. The van der Waals surface area contributed by atoms with E-state index in [-0.39, 0.29) is 0 Å². The predicted molar refractivity (Wildman–Crippen MR) is 104 cm³/mol. The normalized spacial score (nSPS) is 11.1. The van der Waals surface area contributed by atoms with Gasteiger partial charge >= 0.3 is 0 Å². The molecule has 3 rings (SSSR count). The van der Waals surface area contributed by atoms with E-state index in [1.807, 2.05) is 12.1 Å². The molecular formula is C20H23N4OS+. The van der Waals surface area contributed by atoms with Crippen molar-refractivity contribution in [3.8, 4) is 17.7 Å². The minimum atomic E-state index is 0.500. The maximum absolute atomic E-state index is 9.34. The summed E-state index contributed by atoms with van der Waals surface area (Å²) < 4.78 is 6.12. The number of ether oxygens (including phenoxy) is 1. The number of quaternary nitrogens is 1. The fraction of sp³-hybridized carbons (Fsp3) is 0.350. The van der Waals surface area contributed by atoms with Crippen molar-refractivity contribution in [1.29, 1.82) is 5.26 Å². The Kier molecular flexibility index (Phi) is 5.50. The molecule has 1 aromatic carbocycles. The second-order valence-electron chi connectivity index (χ2n) is 6.25. The molecule has 6 heteroatoms. The summed E-state index contributed by atoms with van der Waals surface area (Å²) >= 11 is 1.66. The summed E-state index contributed by atoms with van der Waals surface area (Å²) in [6.07, 6.45) is 0. The zero-order valence-electron chi connectivity index (χ0n) is 15.6. The van der Waals surface area contributed by atoms with Gasteiger partial charge in [-0.1, -0.05) is 12.1 Å². The first-order valence-electron chi connectivity index (χ1n) is 8.84. The molecule has 0 amide bonds. The molecular weight excluding hydrogens is 344 g/mol. The number of nitrogens with one attached hydrogen (secondary N) is 1. The topological polar surface area (TPSA) is 63.2 Å². The van der Waals surface area contributed by atoms with Crippen molar-refractivity contribution >= 4 is 21.6 Å². The lowest BCUT2D eigenvalue weighted by atomic mass is 10.2. The zero-order chi connectivity index (χ0) is 18.7. The Morgan fingerprint density at radius 2 is 1.88 bits per heavy atom. The Bertz CT molecular complexity index is 970. The van der Waals surface area contributed by atoms with E-state index in [4.69, 9.17) is 14.7 Å². The van der Waals surface area contributed by atoms with Gasteiger partial charge in [0.1, 0.15) is 23.2 Å². The molecule has 0 atom stereocenters. The lowest BCUT2D eigenvalue weighted by Crippen LogP contribution is -3.10. The van der Waals surface area contributed by atoms with Crippen LogP contribution in [0.25, 0.3) is 10.2 Å². The summed E-state index contributed by atoms with van der Waals surface area (Å²) in [7, 11) is 0. The molecule has 134 valence electrons. The van der Waals surface area contributed by atoms with Gasteiger partial charge in [0.25, 0.3) is 0 Å². The van der Waals surface area contributed by atoms with Crippen LogP contribution in [-0.2, 0) is 6.54 Å². The highest BCUT2D eigenvalue weighted by Gasteiger charge is 2.19. The fourth-order valence-corrected chi connectivity index (χ4v) is 3.92. The molecule has 0 aliphatic rings. The van der Waals surface area contributed by atoms with Gasteiger partial charge in [0.2, 0.25) is 5.88 Å². The van der Waals surface area contributed by atoms with Crippen LogP contribution in [0.2, 0.25) is 0 Å². The minimum Gasteiger partial charge on any atom is -0.437 e. The fourth-order valence-electron chi connectivity index (χ4n) is 2.88. The molecule has 0 aliphatic heterocycles. The average molecular weight is 367 g/mol. The minimum absolute atomic E-state index is 0.500. The molecule has 0 saturated carbocycles. The van der Waals surface area contributed by atoms with Crippen LogP contribution in [0, 0.1) is 25.2 Å². The first kappa shape index (κ1) is 18.3. The Morgan fingerprint density at radius 1 is 1.15 bits per heavy atom. The maximum Gasteiger partial charge on any atom is 0.231 e. The molecule has 26 heavy (non-hydrogen) atoms. The van der Waals surface area contributed by atoms with Gasteiger partial charge in [0.05, 0.1) is 24.0 Å². The van der Waals surface area contributed by atoms with Crippen molar-refractivity contribution < 1.29 is 9.64 Å². The van der Waals surface area contributed by atoms with Crippen molar-refractivity contribution in [2.24, 2.45) is 0 Å². The van der Waals surface area contributed by atoms with Gasteiger partial charge in [0, 0.05) is 4.88 Å². The summed E-state index contributed by atoms with van der Waals surface area (Å²) in [6.45, 7) is 11.3. The summed E-state index contributed by atoms with van der Waals surface area (Å²) in [5.74, 6) is 1.85. The molecule has 0 saturated heterocycles. The van der Waals surface area contributed by atoms with Crippen LogP contribution in [-0.4, -0.2) is 23.1 Å². The van der Waals surface area contributed by atoms with Crippen molar-refractivity contribution in [1.82, 2.24) is 9.97 Å². The Balaban J connectivity index is 2.11. The lowest BCUT2D eigenvalue weighted by molar-refractivity contribution is -0.910. The third kappa shape index (κ3) is 3.55. The number of nitrogens with zero attached hydrogens (tertiary/aromatic N) is 3. The Morgan fingerprint density at radius 3 is 2.58 bits per heavy atom. The number of para-hydroxylation sites is 1. The summed E-state index contributed by atoms with van der Waals surface area (Å²) in [5, 5.41) is 10.3. The van der Waals surface area contributed by atoms with Crippen LogP contribution in [0.4, 0.5) is 0 Å². The quantitative estimate of drug-likeness (QED) is 0.725.